The van der Waals surface area contributed by atoms with Crippen LogP contribution in [0.4, 0.5) is 8.78 Å². The van der Waals surface area contributed by atoms with E-state index in [1.54, 1.807) is 19.9 Å². The zero-order chi connectivity index (χ0) is 10.1. The summed E-state index contributed by atoms with van der Waals surface area (Å²) < 4.78 is 23.8. The molecule has 0 N–H and O–H groups in total. The number of nitrogens with zero attached hydrogens (tertiary/aromatic N) is 2. The first-order valence-corrected chi connectivity index (χ1v) is 3.80. The van der Waals surface area contributed by atoms with Crippen molar-refractivity contribution >= 4 is 6.72 Å². The Bertz CT molecular complexity index is 144. The second-order valence-corrected chi connectivity index (χ2v) is 1.69. The third-order valence-electron chi connectivity index (χ3n) is 1.12. The maximum Gasteiger partial charge on any atom is 0.333 e. The van der Waals surface area contributed by atoms with Gasteiger partial charge in [-0.3, -0.25) is 0 Å². The van der Waals surface area contributed by atoms with E-state index in [1.165, 1.54) is 0 Å². The number of allylic oxidation sites excluding steroid dienone is 2. The lowest BCUT2D eigenvalue weighted by atomic mass is 10.4. The summed E-state index contributed by atoms with van der Waals surface area (Å²) in [5, 5.41) is 3.68. The van der Waals surface area contributed by atoms with Crippen LogP contribution in [0, 0.1) is 0 Å². The van der Waals surface area contributed by atoms with Gasteiger partial charge in [-0.15, -0.1) is 0 Å². The Hall–Kier alpha value is -0.930. The number of hydrogen-bond acceptors (Lipinski definition) is 2. The molecule has 0 atom stereocenters. The molecule has 0 aromatic heterocycles. The fraction of sp³-hybridized carbons (Fsp3) is 0.625. The molecule has 4 heteroatoms. The number of hydrogen-bond donors (Lipinski definition) is 0. The first-order chi connectivity index (χ1) is 5.63. The topological polar surface area (TPSA) is 15.6 Å². The highest BCUT2D eigenvalue weighted by Crippen LogP contribution is 2.10. The minimum atomic E-state index is -2.60. The molecule has 0 saturated carbocycles. The molecule has 0 unspecified atom stereocenters. The van der Waals surface area contributed by atoms with E-state index in [0.717, 1.165) is 0 Å². The van der Waals surface area contributed by atoms with Gasteiger partial charge >= 0.3 is 6.55 Å². The van der Waals surface area contributed by atoms with E-state index >= 15 is 0 Å². The van der Waals surface area contributed by atoms with Gasteiger partial charge in [0.05, 0.1) is 0 Å². The molecule has 0 aromatic rings. The summed E-state index contributed by atoms with van der Waals surface area (Å²) in [5.74, 6) is 0. The summed E-state index contributed by atoms with van der Waals surface area (Å²) >= 11 is 0. The van der Waals surface area contributed by atoms with Crippen molar-refractivity contribution in [2.24, 2.45) is 5.10 Å². The van der Waals surface area contributed by atoms with Gasteiger partial charge in [-0.25, -0.2) is 5.01 Å². The van der Waals surface area contributed by atoms with Crippen molar-refractivity contribution in [3.63, 3.8) is 0 Å². The Morgan fingerprint density at radius 1 is 1.50 bits per heavy atom. The van der Waals surface area contributed by atoms with Crippen molar-refractivity contribution < 1.29 is 8.78 Å². The minimum absolute atomic E-state index is 0.394. The van der Waals surface area contributed by atoms with Gasteiger partial charge < -0.3 is 0 Å². The molecule has 0 bridgehead atoms. The van der Waals surface area contributed by atoms with Crippen molar-refractivity contribution in [2.45, 2.75) is 34.2 Å². The van der Waals surface area contributed by atoms with Crippen molar-refractivity contribution in [1.29, 1.82) is 0 Å². The molecule has 0 aromatic carbocycles. The first-order valence-electron chi connectivity index (χ1n) is 3.80. The second kappa shape index (κ2) is 8.17. The summed E-state index contributed by atoms with van der Waals surface area (Å²) in [7, 11) is 0. The Balaban J connectivity index is 0. The molecule has 0 radical (unpaired) electrons. The third kappa shape index (κ3) is 4.82. The molecule has 0 amide bonds. The highest BCUT2D eigenvalue weighted by molar-refractivity contribution is 5.23. The molecule has 72 valence electrons. The van der Waals surface area contributed by atoms with Crippen molar-refractivity contribution in [3.05, 3.63) is 11.8 Å². The molecule has 0 heterocycles. The lowest BCUT2D eigenvalue weighted by Gasteiger charge is -2.16. The number of hydrazone groups is 1. The Morgan fingerprint density at radius 3 is 2.00 bits per heavy atom. The lowest BCUT2D eigenvalue weighted by Crippen LogP contribution is -2.20. The fourth-order valence-corrected chi connectivity index (χ4v) is 0.459. The Labute approximate surface area is 72.6 Å². The summed E-state index contributed by atoms with van der Waals surface area (Å²) in [5.41, 5.74) is 0.394. The number of rotatable bonds is 3. The molecular weight excluding hydrogens is 162 g/mol. The molecule has 2 nitrogen and oxygen atoms in total. The number of halogens is 2. The number of alkyl halides is 2. The lowest BCUT2D eigenvalue weighted by molar-refractivity contribution is -0.000838. The van der Waals surface area contributed by atoms with E-state index in [9.17, 15) is 8.78 Å². The van der Waals surface area contributed by atoms with Crippen LogP contribution >= 0.6 is 0 Å². The molecule has 0 fully saturated rings. The van der Waals surface area contributed by atoms with E-state index in [1.807, 2.05) is 13.8 Å². The standard InChI is InChI=1S/C6H10F2N2.C2H6/c1-4-5(2)10(9-3)6(7)8;1-2/h4,6H,3H2,1-2H3;1-2H3/b5-4-;. The molecule has 0 spiro atoms. The average molecular weight is 178 g/mol. The van der Waals surface area contributed by atoms with Gasteiger partial charge in [-0.1, -0.05) is 19.9 Å². The molecule has 12 heavy (non-hydrogen) atoms. The average Bonchev–Trinajstić information content (AvgIpc) is 2.08. The van der Waals surface area contributed by atoms with Crippen LogP contribution in [-0.4, -0.2) is 18.3 Å². The quantitative estimate of drug-likeness (QED) is 0.368. The molecule has 0 aliphatic rings. The summed E-state index contributed by atoms with van der Waals surface area (Å²) in [4.78, 5) is 0. The highest BCUT2D eigenvalue weighted by Gasteiger charge is 2.12. The van der Waals surface area contributed by atoms with E-state index in [4.69, 9.17) is 0 Å². The van der Waals surface area contributed by atoms with E-state index < -0.39 is 6.55 Å². The third-order valence-corrected chi connectivity index (χ3v) is 1.12. The predicted molar refractivity (Wildman–Crippen MR) is 48.2 cm³/mol. The van der Waals surface area contributed by atoms with E-state index in [-0.39, 0.29) is 0 Å². The Kier molecular flexibility index (Phi) is 9.29. The molecular formula is C8H16F2N2. The van der Waals surface area contributed by atoms with Gasteiger partial charge in [0.15, 0.2) is 0 Å². The maximum absolute atomic E-state index is 11.9. The smallest absolute Gasteiger partial charge is 0.210 e. The fourth-order valence-electron chi connectivity index (χ4n) is 0.459. The molecule has 0 aliphatic carbocycles. The van der Waals surface area contributed by atoms with Gasteiger partial charge in [-0.05, 0) is 13.8 Å². The van der Waals surface area contributed by atoms with Crippen LogP contribution in [0.2, 0.25) is 0 Å². The van der Waals surface area contributed by atoms with Crippen LogP contribution in [0.1, 0.15) is 27.7 Å². The summed E-state index contributed by atoms with van der Waals surface area (Å²) in [6.07, 6.45) is 1.54. The van der Waals surface area contributed by atoms with Gasteiger partial charge in [0.1, 0.15) is 0 Å². The van der Waals surface area contributed by atoms with Crippen LogP contribution in [-0.2, 0) is 0 Å². The SMILES string of the molecule is C=NN(/C(C)=C\C)C(F)F.CC. The van der Waals surface area contributed by atoms with Crippen molar-refractivity contribution in [3.8, 4) is 0 Å². The molecule has 0 saturated heterocycles. The van der Waals surface area contributed by atoms with Gasteiger partial charge in [0.25, 0.3) is 0 Å². The van der Waals surface area contributed by atoms with Crippen molar-refractivity contribution in [2.75, 3.05) is 0 Å². The summed E-state index contributed by atoms with van der Waals surface area (Å²) in [6, 6.07) is 0. The Morgan fingerprint density at radius 2 is 1.92 bits per heavy atom. The van der Waals surface area contributed by atoms with Crippen LogP contribution in [0.5, 0.6) is 0 Å². The van der Waals surface area contributed by atoms with E-state index in [0.29, 0.717) is 10.7 Å². The first kappa shape index (κ1) is 13.6. The minimum Gasteiger partial charge on any atom is -0.210 e. The summed E-state index contributed by atoms with van der Waals surface area (Å²) in [6.45, 7) is 7.61. The molecule has 0 rings (SSSR count). The molecule has 0 aliphatic heterocycles. The van der Waals surface area contributed by atoms with Gasteiger partial charge in [-0.2, -0.15) is 13.9 Å². The zero-order valence-electron chi connectivity index (χ0n) is 8.01. The normalized spacial score (nSPS) is 10.4. The second-order valence-electron chi connectivity index (χ2n) is 1.69. The van der Waals surface area contributed by atoms with Crippen LogP contribution < -0.4 is 0 Å². The maximum atomic E-state index is 11.9. The van der Waals surface area contributed by atoms with Crippen LogP contribution in [0.3, 0.4) is 0 Å². The highest BCUT2D eigenvalue weighted by atomic mass is 19.3. The van der Waals surface area contributed by atoms with Gasteiger partial charge in [0.2, 0.25) is 0 Å². The zero-order valence-corrected chi connectivity index (χ0v) is 8.01. The van der Waals surface area contributed by atoms with E-state index in [2.05, 4.69) is 11.8 Å². The monoisotopic (exact) mass is 178 g/mol. The predicted octanol–water partition coefficient (Wildman–Crippen LogP) is 3.08. The largest absolute Gasteiger partial charge is 0.333 e. The van der Waals surface area contributed by atoms with Crippen LogP contribution in [0.25, 0.3) is 0 Å². The van der Waals surface area contributed by atoms with Crippen LogP contribution in [0.15, 0.2) is 16.9 Å². The van der Waals surface area contributed by atoms with Gasteiger partial charge in [0, 0.05) is 12.4 Å². The van der Waals surface area contributed by atoms with Crippen molar-refractivity contribution in [1.82, 2.24) is 5.01 Å².